The lowest BCUT2D eigenvalue weighted by Gasteiger charge is -2.02. The fraction of sp³-hybridized carbons (Fsp3) is 0.357. The molecule has 1 fully saturated rings. The number of aryl methyl sites for hydroxylation is 1. The second-order valence-electron chi connectivity index (χ2n) is 5.01. The minimum absolute atomic E-state index is 0.132. The number of aromatic nitrogens is 2. The molecule has 0 radical (unpaired) electrons. The number of amides is 1. The lowest BCUT2D eigenvalue weighted by atomic mass is 10.1. The Morgan fingerprint density at radius 2 is 2.05 bits per heavy atom. The number of carbonyl (C=O) groups excluding carboxylic acids is 1. The van der Waals surface area contributed by atoms with Gasteiger partial charge in [-0.05, 0) is 37.0 Å². The van der Waals surface area contributed by atoms with Crippen molar-refractivity contribution in [1.82, 2.24) is 10.2 Å². The summed E-state index contributed by atoms with van der Waals surface area (Å²) < 4.78 is 5.38. The van der Waals surface area contributed by atoms with Gasteiger partial charge in [0.2, 0.25) is 11.8 Å². The Hall–Kier alpha value is -2.37. The van der Waals surface area contributed by atoms with Gasteiger partial charge < -0.3 is 10.2 Å². The summed E-state index contributed by atoms with van der Waals surface area (Å²) >= 11 is 0. The lowest BCUT2D eigenvalue weighted by molar-refractivity contribution is -0.116. The van der Waals surface area contributed by atoms with Gasteiger partial charge in [-0.25, -0.2) is 0 Å². The summed E-state index contributed by atoms with van der Waals surface area (Å²) in [5.74, 6) is 0.884. The topological polar surface area (TPSA) is 94.0 Å². The van der Waals surface area contributed by atoms with E-state index in [9.17, 15) is 4.79 Å². The quantitative estimate of drug-likeness (QED) is 0.813. The summed E-state index contributed by atoms with van der Waals surface area (Å²) in [6.45, 7) is 0. The van der Waals surface area contributed by atoms with Crippen LogP contribution in [0.15, 0.2) is 28.7 Å². The molecular weight excluding hydrogens is 256 g/mol. The highest BCUT2D eigenvalue weighted by Crippen LogP contribution is 2.39. The van der Waals surface area contributed by atoms with Crippen molar-refractivity contribution in [3.8, 4) is 0 Å². The lowest BCUT2D eigenvalue weighted by Crippen LogP contribution is -2.12. The standard InChI is InChI=1S/C14H16N4O2/c15-11-6-1-9(2-7-11)3-8-12(19)16-14-18-17-13(20-14)10-4-5-10/h1-2,6-7,10H,3-5,8,15H2,(H,16,18,19). The van der Waals surface area contributed by atoms with Gasteiger partial charge in [0.15, 0.2) is 0 Å². The molecule has 1 heterocycles. The predicted molar refractivity (Wildman–Crippen MR) is 74.1 cm³/mol. The molecule has 2 aromatic rings. The number of anilines is 2. The molecule has 104 valence electrons. The Kier molecular flexibility index (Phi) is 3.37. The average molecular weight is 272 g/mol. The Morgan fingerprint density at radius 1 is 1.30 bits per heavy atom. The van der Waals surface area contributed by atoms with Gasteiger partial charge in [-0.3, -0.25) is 10.1 Å². The van der Waals surface area contributed by atoms with Gasteiger partial charge in [-0.2, -0.15) is 0 Å². The van der Waals surface area contributed by atoms with Crippen LogP contribution in [0.1, 0.15) is 36.6 Å². The molecule has 0 aliphatic heterocycles. The van der Waals surface area contributed by atoms with Crippen LogP contribution in [-0.2, 0) is 11.2 Å². The number of hydrogen-bond acceptors (Lipinski definition) is 5. The molecule has 0 unspecified atom stereocenters. The number of nitrogen functional groups attached to an aromatic ring is 1. The maximum Gasteiger partial charge on any atom is 0.322 e. The average Bonchev–Trinajstić information content (AvgIpc) is 3.19. The van der Waals surface area contributed by atoms with E-state index in [0.29, 0.717) is 24.7 Å². The van der Waals surface area contributed by atoms with E-state index in [4.69, 9.17) is 10.2 Å². The highest BCUT2D eigenvalue weighted by molar-refractivity contribution is 5.88. The Bertz CT molecular complexity index is 602. The summed E-state index contributed by atoms with van der Waals surface area (Å²) in [5, 5.41) is 10.4. The first-order chi connectivity index (χ1) is 9.70. The predicted octanol–water partition coefficient (Wildman–Crippen LogP) is 2.10. The van der Waals surface area contributed by atoms with Crippen molar-refractivity contribution in [3.05, 3.63) is 35.7 Å². The van der Waals surface area contributed by atoms with Crippen LogP contribution in [0.25, 0.3) is 0 Å². The molecule has 1 aliphatic rings. The highest BCUT2D eigenvalue weighted by Gasteiger charge is 2.29. The van der Waals surface area contributed by atoms with E-state index in [2.05, 4.69) is 15.5 Å². The maximum absolute atomic E-state index is 11.8. The van der Waals surface area contributed by atoms with E-state index >= 15 is 0 Å². The van der Waals surface area contributed by atoms with Crippen LogP contribution in [0.4, 0.5) is 11.7 Å². The Morgan fingerprint density at radius 3 is 2.75 bits per heavy atom. The third kappa shape index (κ3) is 3.14. The minimum atomic E-state index is -0.132. The summed E-state index contributed by atoms with van der Waals surface area (Å²) in [6.07, 6.45) is 3.19. The van der Waals surface area contributed by atoms with Crippen molar-refractivity contribution in [2.24, 2.45) is 0 Å². The van der Waals surface area contributed by atoms with Gasteiger partial charge in [0.25, 0.3) is 0 Å². The van der Waals surface area contributed by atoms with Crippen LogP contribution in [0.3, 0.4) is 0 Å². The van der Waals surface area contributed by atoms with E-state index in [1.165, 1.54) is 0 Å². The normalized spacial score (nSPS) is 14.2. The van der Waals surface area contributed by atoms with Crippen molar-refractivity contribution in [3.63, 3.8) is 0 Å². The number of carbonyl (C=O) groups is 1. The molecule has 1 saturated carbocycles. The van der Waals surface area contributed by atoms with Crippen LogP contribution in [0.5, 0.6) is 0 Å². The highest BCUT2D eigenvalue weighted by atomic mass is 16.4. The smallest absolute Gasteiger partial charge is 0.322 e. The van der Waals surface area contributed by atoms with Crippen LogP contribution in [-0.4, -0.2) is 16.1 Å². The van der Waals surface area contributed by atoms with Crippen molar-refractivity contribution < 1.29 is 9.21 Å². The summed E-state index contributed by atoms with van der Waals surface area (Å²) in [4.78, 5) is 11.8. The molecule has 0 saturated heterocycles. The van der Waals surface area contributed by atoms with Crippen molar-refractivity contribution in [2.45, 2.75) is 31.6 Å². The number of nitrogens with two attached hydrogens (primary N) is 1. The molecule has 3 rings (SSSR count). The number of benzene rings is 1. The number of nitrogens with zero attached hydrogens (tertiary/aromatic N) is 2. The van der Waals surface area contributed by atoms with Crippen molar-refractivity contribution in [1.29, 1.82) is 0 Å². The SMILES string of the molecule is Nc1ccc(CCC(=O)Nc2nnc(C3CC3)o2)cc1. The minimum Gasteiger partial charge on any atom is -0.408 e. The van der Waals surface area contributed by atoms with Gasteiger partial charge in [-0.1, -0.05) is 17.2 Å². The molecule has 20 heavy (non-hydrogen) atoms. The molecule has 6 nitrogen and oxygen atoms in total. The summed E-state index contributed by atoms with van der Waals surface area (Å²) in [6, 6.07) is 7.68. The molecule has 1 aliphatic carbocycles. The summed E-state index contributed by atoms with van der Waals surface area (Å²) in [7, 11) is 0. The molecule has 0 bridgehead atoms. The van der Waals surface area contributed by atoms with Crippen LogP contribution < -0.4 is 11.1 Å². The van der Waals surface area contributed by atoms with Crippen LogP contribution >= 0.6 is 0 Å². The summed E-state index contributed by atoms with van der Waals surface area (Å²) in [5.41, 5.74) is 7.40. The second kappa shape index (κ2) is 5.32. The molecule has 1 aromatic carbocycles. The molecule has 6 heteroatoms. The third-order valence-electron chi connectivity index (χ3n) is 3.23. The molecule has 3 N–H and O–H groups in total. The number of hydrogen-bond donors (Lipinski definition) is 2. The fourth-order valence-corrected chi connectivity index (χ4v) is 1.90. The first-order valence-electron chi connectivity index (χ1n) is 6.68. The van der Waals surface area contributed by atoms with Gasteiger partial charge in [-0.15, -0.1) is 5.10 Å². The van der Waals surface area contributed by atoms with Crippen LogP contribution in [0.2, 0.25) is 0 Å². The van der Waals surface area contributed by atoms with E-state index < -0.39 is 0 Å². The largest absolute Gasteiger partial charge is 0.408 e. The van der Waals surface area contributed by atoms with Crippen molar-refractivity contribution in [2.75, 3.05) is 11.1 Å². The molecule has 1 amide bonds. The third-order valence-corrected chi connectivity index (χ3v) is 3.23. The first kappa shape index (κ1) is 12.7. The monoisotopic (exact) mass is 272 g/mol. The van der Waals surface area contributed by atoms with E-state index in [-0.39, 0.29) is 11.9 Å². The van der Waals surface area contributed by atoms with E-state index in [0.717, 1.165) is 24.1 Å². The number of nitrogens with one attached hydrogen (secondary N) is 1. The Balaban J connectivity index is 1.49. The molecular formula is C14H16N4O2. The van der Waals surface area contributed by atoms with Gasteiger partial charge >= 0.3 is 6.01 Å². The van der Waals surface area contributed by atoms with Gasteiger partial charge in [0, 0.05) is 18.0 Å². The van der Waals surface area contributed by atoms with Crippen molar-refractivity contribution >= 4 is 17.6 Å². The first-order valence-corrected chi connectivity index (χ1v) is 6.68. The fourth-order valence-electron chi connectivity index (χ4n) is 1.90. The zero-order valence-corrected chi connectivity index (χ0v) is 11.0. The van der Waals surface area contributed by atoms with E-state index in [1.807, 2.05) is 24.3 Å². The second-order valence-corrected chi connectivity index (χ2v) is 5.01. The maximum atomic E-state index is 11.8. The Labute approximate surface area is 116 Å². The molecule has 1 aromatic heterocycles. The molecule has 0 spiro atoms. The zero-order valence-electron chi connectivity index (χ0n) is 11.0. The van der Waals surface area contributed by atoms with Crippen LogP contribution in [0, 0.1) is 0 Å². The van der Waals surface area contributed by atoms with Gasteiger partial charge in [0.05, 0.1) is 0 Å². The van der Waals surface area contributed by atoms with Gasteiger partial charge in [0.1, 0.15) is 0 Å². The number of rotatable bonds is 5. The zero-order chi connectivity index (χ0) is 13.9. The molecule has 0 atom stereocenters. The van der Waals surface area contributed by atoms with E-state index in [1.54, 1.807) is 0 Å².